The number of hydrogen-bond donors (Lipinski definition) is 0. The van der Waals surface area contributed by atoms with Crippen LogP contribution < -0.4 is 9.64 Å². The van der Waals surface area contributed by atoms with Gasteiger partial charge >= 0.3 is 0 Å². The lowest BCUT2D eigenvalue weighted by Crippen LogP contribution is -2.29. The number of rotatable bonds is 1. The van der Waals surface area contributed by atoms with E-state index in [-0.39, 0.29) is 0 Å². The zero-order valence-corrected chi connectivity index (χ0v) is 13.3. The van der Waals surface area contributed by atoms with Crippen molar-refractivity contribution in [3.63, 3.8) is 0 Å². The minimum absolute atomic E-state index is 0.298. The number of benzene rings is 2. The first kappa shape index (κ1) is 13.3. The van der Waals surface area contributed by atoms with Gasteiger partial charge in [-0.15, -0.1) is 11.8 Å². The van der Waals surface area contributed by atoms with Gasteiger partial charge in [0.15, 0.2) is 0 Å². The molecule has 2 nitrogen and oxygen atoms in total. The maximum atomic E-state index is 6.15. The van der Waals surface area contributed by atoms with Crippen LogP contribution in [0.5, 0.6) is 5.75 Å². The summed E-state index contributed by atoms with van der Waals surface area (Å²) >= 11 is 1.91. The topological polar surface area (TPSA) is 12.5 Å². The van der Waals surface area contributed by atoms with Gasteiger partial charge in [-0.25, -0.2) is 0 Å². The molecule has 4 rings (SSSR count). The summed E-state index contributed by atoms with van der Waals surface area (Å²) in [6, 6.07) is 11.3. The smallest absolute Gasteiger partial charge is 0.141 e. The van der Waals surface area contributed by atoms with E-state index in [0.29, 0.717) is 6.10 Å². The predicted molar refractivity (Wildman–Crippen MR) is 90.8 cm³/mol. The van der Waals surface area contributed by atoms with Crippen molar-refractivity contribution < 1.29 is 4.74 Å². The standard InChI is InChI=1S/C18H21NOS/c1-13-12-21-17-8-6-14-5-7-15(11-16(14)18(17)20-13)19-9-3-2-4-10-19/h5-8,11,13H,2-4,9-10,12H2,1H3. The second-order valence-electron chi connectivity index (χ2n) is 6.09. The molecule has 2 aromatic carbocycles. The number of anilines is 1. The van der Waals surface area contributed by atoms with Gasteiger partial charge in [0.05, 0.1) is 4.90 Å². The molecule has 2 aliphatic heterocycles. The van der Waals surface area contributed by atoms with Gasteiger partial charge < -0.3 is 9.64 Å². The molecule has 1 saturated heterocycles. The lowest BCUT2D eigenvalue weighted by atomic mass is 10.1. The van der Waals surface area contributed by atoms with Crippen LogP contribution >= 0.6 is 11.8 Å². The highest BCUT2D eigenvalue weighted by molar-refractivity contribution is 7.99. The summed E-state index contributed by atoms with van der Waals surface area (Å²) in [4.78, 5) is 3.80. The summed E-state index contributed by atoms with van der Waals surface area (Å²) in [7, 11) is 0. The van der Waals surface area contributed by atoms with E-state index in [9.17, 15) is 0 Å². The molecule has 0 N–H and O–H groups in total. The fraction of sp³-hybridized carbons (Fsp3) is 0.444. The normalized spacial score (nSPS) is 22.0. The molecule has 110 valence electrons. The molecule has 2 aliphatic rings. The number of ether oxygens (including phenoxy) is 1. The Morgan fingerprint density at radius 2 is 1.90 bits per heavy atom. The van der Waals surface area contributed by atoms with Crippen LogP contribution in [0.15, 0.2) is 35.2 Å². The maximum Gasteiger partial charge on any atom is 0.141 e. The highest BCUT2D eigenvalue weighted by Gasteiger charge is 2.20. The second kappa shape index (κ2) is 5.45. The van der Waals surface area contributed by atoms with E-state index < -0.39 is 0 Å². The summed E-state index contributed by atoms with van der Waals surface area (Å²) in [5.74, 6) is 2.14. The van der Waals surface area contributed by atoms with E-state index in [2.05, 4.69) is 42.2 Å². The number of fused-ring (bicyclic) bond motifs is 3. The average molecular weight is 299 g/mol. The average Bonchev–Trinajstić information content (AvgIpc) is 2.55. The van der Waals surface area contributed by atoms with Crippen molar-refractivity contribution in [2.75, 3.05) is 23.7 Å². The Labute approximate surface area is 130 Å². The Bertz CT molecular complexity index is 664. The summed E-state index contributed by atoms with van der Waals surface area (Å²) in [5, 5.41) is 2.55. The van der Waals surface area contributed by atoms with Crippen molar-refractivity contribution >= 4 is 28.2 Å². The van der Waals surface area contributed by atoms with Crippen molar-refractivity contribution in [1.29, 1.82) is 0 Å². The first-order chi connectivity index (χ1) is 10.3. The van der Waals surface area contributed by atoms with Crippen LogP contribution in [0.3, 0.4) is 0 Å². The Balaban J connectivity index is 1.80. The molecule has 0 aliphatic carbocycles. The molecule has 1 unspecified atom stereocenters. The quantitative estimate of drug-likeness (QED) is 0.757. The van der Waals surface area contributed by atoms with E-state index in [1.807, 2.05) is 11.8 Å². The number of nitrogens with zero attached hydrogens (tertiary/aromatic N) is 1. The summed E-state index contributed by atoms with van der Waals surface area (Å²) in [6.45, 7) is 4.53. The Kier molecular flexibility index (Phi) is 3.46. The third-order valence-electron chi connectivity index (χ3n) is 4.43. The van der Waals surface area contributed by atoms with Crippen molar-refractivity contribution in [1.82, 2.24) is 0 Å². The van der Waals surface area contributed by atoms with Crippen molar-refractivity contribution in [3.05, 3.63) is 30.3 Å². The third-order valence-corrected chi connectivity index (χ3v) is 5.70. The number of hydrogen-bond acceptors (Lipinski definition) is 3. The van der Waals surface area contributed by atoms with Gasteiger partial charge in [-0.3, -0.25) is 0 Å². The first-order valence-electron chi connectivity index (χ1n) is 7.92. The molecule has 0 radical (unpaired) electrons. The molecule has 1 fully saturated rings. The summed E-state index contributed by atoms with van der Waals surface area (Å²) < 4.78 is 6.15. The van der Waals surface area contributed by atoms with E-state index in [1.54, 1.807) is 0 Å². The van der Waals surface area contributed by atoms with Crippen LogP contribution in [0.1, 0.15) is 26.2 Å². The lowest BCUT2D eigenvalue weighted by Gasteiger charge is -2.30. The first-order valence-corrected chi connectivity index (χ1v) is 8.91. The lowest BCUT2D eigenvalue weighted by molar-refractivity contribution is 0.239. The molecule has 2 aromatic rings. The number of piperidine rings is 1. The molecule has 0 bridgehead atoms. The van der Waals surface area contributed by atoms with Gasteiger partial charge in [-0.05, 0) is 49.8 Å². The fourth-order valence-electron chi connectivity index (χ4n) is 3.29. The van der Waals surface area contributed by atoms with Crippen molar-refractivity contribution in [3.8, 4) is 5.75 Å². The zero-order valence-electron chi connectivity index (χ0n) is 12.5. The van der Waals surface area contributed by atoms with E-state index in [1.165, 1.54) is 53.7 Å². The van der Waals surface area contributed by atoms with Gasteiger partial charge in [0.1, 0.15) is 11.9 Å². The molecule has 2 heterocycles. The minimum atomic E-state index is 0.298. The van der Waals surface area contributed by atoms with Crippen LogP contribution in [-0.2, 0) is 0 Å². The van der Waals surface area contributed by atoms with Crippen LogP contribution in [-0.4, -0.2) is 24.9 Å². The van der Waals surface area contributed by atoms with Crippen LogP contribution in [0.2, 0.25) is 0 Å². The largest absolute Gasteiger partial charge is 0.488 e. The fourth-order valence-corrected chi connectivity index (χ4v) is 4.22. The van der Waals surface area contributed by atoms with E-state index >= 15 is 0 Å². The number of thioether (sulfide) groups is 1. The van der Waals surface area contributed by atoms with E-state index in [4.69, 9.17) is 4.74 Å². The maximum absolute atomic E-state index is 6.15. The molecule has 1 atom stereocenters. The molecule has 3 heteroatoms. The molecule has 0 saturated carbocycles. The monoisotopic (exact) mass is 299 g/mol. The van der Waals surface area contributed by atoms with Crippen LogP contribution in [0.25, 0.3) is 10.8 Å². The molecular formula is C18H21NOS. The zero-order chi connectivity index (χ0) is 14.2. The highest BCUT2D eigenvalue weighted by atomic mass is 32.2. The Morgan fingerprint density at radius 1 is 1.10 bits per heavy atom. The highest BCUT2D eigenvalue weighted by Crippen LogP contribution is 2.42. The molecule has 0 aromatic heterocycles. The predicted octanol–water partition coefficient (Wildman–Crippen LogP) is 4.70. The molecule has 0 spiro atoms. The molecule has 0 amide bonds. The van der Waals surface area contributed by atoms with Gasteiger partial charge in [0.25, 0.3) is 0 Å². The van der Waals surface area contributed by atoms with Gasteiger partial charge in [-0.2, -0.15) is 0 Å². The van der Waals surface area contributed by atoms with Crippen molar-refractivity contribution in [2.45, 2.75) is 37.2 Å². The SMILES string of the molecule is CC1CSc2ccc3ccc(N4CCCCC4)cc3c2O1. The van der Waals surface area contributed by atoms with Gasteiger partial charge in [-0.1, -0.05) is 12.1 Å². The van der Waals surface area contributed by atoms with Gasteiger partial charge in [0.2, 0.25) is 0 Å². The second-order valence-corrected chi connectivity index (χ2v) is 7.15. The van der Waals surface area contributed by atoms with Gasteiger partial charge in [0, 0.05) is 29.9 Å². The van der Waals surface area contributed by atoms with Crippen LogP contribution in [0, 0.1) is 0 Å². The van der Waals surface area contributed by atoms with E-state index in [0.717, 1.165) is 11.5 Å². The Morgan fingerprint density at radius 3 is 2.76 bits per heavy atom. The summed E-state index contributed by atoms with van der Waals surface area (Å²) in [6.07, 6.45) is 4.30. The van der Waals surface area contributed by atoms with Crippen molar-refractivity contribution in [2.24, 2.45) is 0 Å². The molecule has 21 heavy (non-hydrogen) atoms. The summed E-state index contributed by atoms with van der Waals surface area (Å²) in [5.41, 5.74) is 1.35. The molecular weight excluding hydrogens is 278 g/mol. The Hall–Kier alpha value is -1.35. The third kappa shape index (κ3) is 2.48. The van der Waals surface area contributed by atoms with Crippen LogP contribution in [0.4, 0.5) is 5.69 Å². The minimum Gasteiger partial charge on any atom is -0.488 e.